The van der Waals surface area contributed by atoms with Crippen molar-refractivity contribution in [1.29, 1.82) is 0 Å². The highest BCUT2D eigenvalue weighted by Crippen LogP contribution is 2.43. The zero-order valence-electron chi connectivity index (χ0n) is 11.3. The summed E-state index contributed by atoms with van der Waals surface area (Å²) in [6.07, 6.45) is 1.46. The predicted molar refractivity (Wildman–Crippen MR) is 72.0 cm³/mol. The first-order chi connectivity index (χ1) is 9.50. The molecule has 0 amide bonds. The van der Waals surface area contributed by atoms with Gasteiger partial charge in [-0.15, -0.1) is 0 Å². The summed E-state index contributed by atoms with van der Waals surface area (Å²) < 4.78 is 34.3. The molecular formula is C14H17ClF2N2O. The Kier molecular flexibility index (Phi) is 3.69. The zero-order valence-corrected chi connectivity index (χ0v) is 12.0. The number of piperidine rings is 1. The summed E-state index contributed by atoms with van der Waals surface area (Å²) in [6.45, 7) is 4.42. The van der Waals surface area contributed by atoms with Crippen LogP contribution >= 0.6 is 11.6 Å². The highest BCUT2D eigenvalue weighted by molar-refractivity contribution is 6.30. The topological polar surface area (TPSA) is 25.4 Å². The number of halogens is 3. The predicted octanol–water partition coefficient (Wildman–Crippen LogP) is 2.78. The number of rotatable bonds is 2. The Balaban J connectivity index is 1.83. The molecule has 0 aliphatic carbocycles. The van der Waals surface area contributed by atoms with Crippen molar-refractivity contribution in [2.45, 2.75) is 25.1 Å². The van der Waals surface area contributed by atoms with Crippen molar-refractivity contribution in [3.8, 4) is 0 Å². The second-order valence-corrected chi connectivity index (χ2v) is 6.13. The van der Waals surface area contributed by atoms with Crippen molar-refractivity contribution in [2.75, 3.05) is 26.3 Å². The molecule has 0 radical (unpaired) electrons. The van der Waals surface area contributed by atoms with Gasteiger partial charge < -0.3 is 4.74 Å². The normalized spacial score (nSPS) is 32.1. The van der Waals surface area contributed by atoms with Crippen molar-refractivity contribution in [2.24, 2.45) is 5.92 Å². The maximum atomic E-state index is 15.3. The van der Waals surface area contributed by atoms with Crippen molar-refractivity contribution in [3.63, 3.8) is 0 Å². The monoisotopic (exact) mass is 302 g/mol. The Morgan fingerprint density at radius 2 is 2.25 bits per heavy atom. The Bertz CT molecular complexity index is 512. The molecule has 2 aliphatic heterocycles. The van der Waals surface area contributed by atoms with Gasteiger partial charge in [0.05, 0.1) is 24.3 Å². The van der Waals surface area contributed by atoms with E-state index in [1.54, 1.807) is 0 Å². The van der Waals surface area contributed by atoms with E-state index in [9.17, 15) is 4.39 Å². The van der Waals surface area contributed by atoms with Gasteiger partial charge >= 0.3 is 0 Å². The van der Waals surface area contributed by atoms with E-state index in [0.29, 0.717) is 32.3 Å². The summed E-state index contributed by atoms with van der Waals surface area (Å²) in [4.78, 5) is 5.77. The van der Waals surface area contributed by atoms with E-state index < -0.39 is 11.6 Å². The van der Waals surface area contributed by atoms with E-state index in [1.807, 2.05) is 6.92 Å². The van der Waals surface area contributed by atoms with Crippen LogP contribution in [-0.4, -0.2) is 42.2 Å². The van der Waals surface area contributed by atoms with Gasteiger partial charge in [0.15, 0.2) is 0 Å². The molecule has 6 heteroatoms. The lowest BCUT2D eigenvalue weighted by molar-refractivity contribution is -0.101. The third-order valence-corrected chi connectivity index (χ3v) is 4.65. The van der Waals surface area contributed by atoms with E-state index >= 15 is 4.39 Å². The molecule has 1 aromatic rings. The minimum Gasteiger partial charge on any atom is -0.378 e. The third kappa shape index (κ3) is 2.32. The van der Waals surface area contributed by atoms with Crippen molar-refractivity contribution >= 4 is 11.6 Å². The number of ether oxygens (including phenoxy) is 1. The highest BCUT2D eigenvalue weighted by atomic mass is 35.5. The molecule has 3 nitrogen and oxygen atoms in total. The minimum atomic E-state index is -1.71. The lowest BCUT2D eigenvalue weighted by Crippen LogP contribution is -2.56. The van der Waals surface area contributed by atoms with Gasteiger partial charge in [-0.1, -0.05) is 18.5 Å². The van der Waals surface area contributed by atoms with Crippen LogP contribution in [0.5, 0.6) is 0 Å². The average Bonchev–Trinajstić information content (AvgIpc) is 2.35. The zero-order chi connectivity index (χ0) is 14.3. The largest absolute Gasteiger partial charge is 0.378 e. The van der Waals surface area contributed by atoms with E-state index in [-0.39, 0.29) is 22.9 Å². The van der Waals surface area contributed by atoms with Gasteiger partial charge in [0, 0.05) is 30.8 Å². The fourth-order valence-corrected chi connectivity index (χ4v) is 3.18. The van der Waals surface area contributed by atoms with Gasteiger partial charge in [0.2, 0.25) is 5.95 Å². The number of hydrogen-bond donors (Lipinski definition) is 0. The Morgan fingerprint density at radius 3 is 2.85 bits per heavy atom. The van der Waals surface area contributed by atoms with Crippen molar-refractivity contribution < 1.29 is 13.5 Å². The molecule has 0 unspecified atom stereocenters. The second-order valence-electron chi connectivity index (χ2n) is 5.69. The second kappa shape index (κ2) is 5.20. The summed E-state index contributed by atoms with van der Waals surface area (Å²) >= 11 is 5.83. The number of pyridine rings is 1. The molecule has 1 aromatic heterocycles. The van der Waals surface area contributed by atoms with Crippen LogP contribution < -0.4 is 0 Å². The van der Waals surface area contributed by atoms with E-state index in [1.165, 1.54) is 12.3 Å². The van der Waals surface area contributed by atoms with Gasteiger partial charge in [-0.05, 0) is 12.5 Å². The number of nitrogens with zero attached hydrogens (tertiary/aromatic N) is 2. The SMILES string of the molecule is C[C@@H]1CN(C2COC2)CC[C@@]1(F)c1cc(Cl)cnc1F. The molecule has 0 aromatic carbocycles. The molecule has 3 heterocycles. The van der Waals surface area contributed by atoms with E-state index in [2.05, 4.69) is 9.88 Å². The van der Waals surface area contributed by atoms with Crippen LogP contribution in [0.1, 0.15) is 18.9 Å². The first-order valence-electron chi connectivity index (χ1n) is 6.83. The van der Waals surface area contributed by atoms with Gasteiger partial charge in [0.1, 0.15) is 5.67 Å². The average molecular weight is 303 g/mol. The first kappa shape index (κ1) is 14.2. The summed E-state index contributed by atoms with van der Waals surface area (Å²) in [5.41, 5.74) is -1.72. The fraction of sp³-hybridized carbons (Fsp3) is 0.643. The molecule has 2 atom stereocenters. The Hall–Kier alpha value is -0.780. The standard InChI is InChI=1S/C14H17ClF2N2O/c1-9-6-19(11-7-20-8-11)3-2-14(9,17)12-4-10(15)5-18-13(12)16/h4-5,9,11H,2-3,6-8H2,1H3/t9-,14+/m1/s1. The molecule has 3 rings (SSSR count). The molecule has 0 bridgehead atoms. The number of aromatic nitrogens is 1. The molecular weight excluding hydrogens is 286 g/mol. The maximum absolute atomic E-state index is 15.3. The Labute approximate surface area is 121 Å². The van der Waals surface area contributed by atoms with E-state index in [0.717, 1.165) is 0 Å². The summed E-state index contributed by atoms with van der Waals surface area (Å²) in [6, 6.07) is 1.74. The molecule has 0 saturated carbocycles. The Morgan fingerprint density at radius 1 is 1.50 bits per heavy atom. The van der Waals surface area contributed by atoms with Crippen LogP contribution in [0.4, 0.5) is 8.78 Å². The summed E-state index contributed by atoms with van der Waals surface area (Å²) in [7, 11) is 0. The van der Waals surface area contributed by atoms with Crippen molar-refractivity contribution in [3.05, 3.63) is 28.8 Å². The van der Waals surface area contributed by atoms with E-state index in [4.69, 9.17) is 16.3 Å². The molecule has 2 aliphatic rings. The van der Waals surface area contributed by atoms with Gasteiger partial charge in [0.25, 0.3) is 0 Å². The first-order valence-corrected chi connectivity index (χ1v) is 7.21. The maximum Gasteiger partial charge on any atom is 0.219 e. The molecule has 2 saturated heterocycles. The molecule has 0 N–H and O–H groups in total. The van der Waals surface area contributed by atoms with Gasteiger partial charge in [-0.3, -0.25) is 4.90 Å². The van der Waals surface area contributed by atoms with Crippen LogP contribution in [0.15, 0.2) is 12.3 Å². The van der Waals surface area contributed by atoms with Gasteiger partial charge in [-0.25, -0.2) is 9.37 Å². The molecule has 0 spiro atoms. The lowest BCUT2D eigenvalue weighted by Gasteiger charge is -2.46. The summed E-state index contributed by atoms with van der Waals surface area (Å²) in [5, 5.41) is 0.264. The number of hydrogen-bond acceptors (Lipinski definition) is 3. The number of likely N-dealkylation sites (tertiary alicyclic amines) is 1. The highest BCUT2D eigenvalue weighted by Gasteiger charge is 2.46. The van der Waals surface area contributed by atoms with Crippen LogP contribution in [0, 0.1) is 11.9 Å². The number of alkyl halides is 1. The van der Waals surface area contributed by atoms with Crippen LogP contribution in [0.25, 0.3) is 0 Å². The molecule has 110 valence electrons. The van der Waals surface area contributed by atoms with Crippen molar-refractivity contribution in [1.82, 2.24) is 9.88 Å². The summed E-state index contributed by atoms with van der Waals surface area (Å²) in [5.74, 6) is -1.07. The third-order valence-electron chi connectivity index (χ3n) is 4.44. The quantitative estimate of drug-likeness (QED) is 0.786. The molecule has 2 fully saturated rings. The fourth-order valence-electron chi connectivity index (χ4n) is 3.02. The molecule has 20 heavy (non-hydrogen) atoms. The minimum absolute atomic E-state index is 0.0120. The van der Waals surface area contributed by atoms with Crippen LogP contribution in [-0.2, 0) is 10.4 Å². The van der Waals surface area contributed by atoms with Gasteiger partial charge in [-0.2, -0.15) is 4.39 Å². The lowest BCUT2D eigenvalue weighted by atomic mass is 9.78. The smallest absolute Gasteiger partial charge is 0.219 e. The van der Waals surface area contributed by atoms with Crippen LogP contribution in [0.2, 0.25) is 5.02 Å². The van der Waals surface area contributed by atoms with Crippen LogP contribution in [0.3, 0.4) is 0 Å².